The molecule has 0 radical (unpaired) electrons. The molecule has 0 spiro atoms. The molecule has 0 aromatic carbocycles. The number of methoxy groups -OCH3 is 1. The maximum atomic E-state index is 11.8. The van der Waals surface area contributed by atoms with E-state index in [4.69, 9.17) is 19.4 Å². The Balaban J connectivity index is 0.000000339. The van der Waals surface area contributed by atoms with E-state index in [1.54, 1.807) is 13.4 Å². The fraction of sp³-hybridized carbons (Fsp3) is 0.684. The fourth-order valence-electron chi connectivity index (χ4n) is 3.81. The van der Waals surface area contributed by atoms with Gasteiger partial charge in [-0.1, -0.05) is 0 Å². The molecule has 1 saturated carbocycles. The van der Waals surface area contributed by atoms with Crippen molar-refractivity contribution in [2.45, 2.75) is 31.5 Å². The number of nitrogens with zero attached hydrogens (tertiary/aromatic N) is 3. The molecule has 3 fully saturated rings. The number of halogens is 3. The Bertz CT molecular complexity index is 790. The van der Waals surface area contributed by atoms with Gasteiger partial charge in [-0.3, -0.25) is 4.79 Å². The monoisotopic (exact) mass is 446 g/mol. The summed E-state index contributed by atoms with van der Waals surface area (Å²) in [4.78, 5) is 31.4. The lowest BCUT2D eigenvalue weighted by atomic mass is 9.84. The van der Waals surface area contributed by atoms with E-state index in [9.17, 15) is 18.0 Å². The minimum Gasteiger partial charge on any atom is -0.481 e. The van der Waals surface area contributed by atoms with Crippen molar-refractivity contribution in [2.75, 3.05) is 38.3 Å². The molecule has 0 unspecified atom stereocenters. The number of amides is 1. The van der Waals surface area contributed by atoms with Crippen LogP contribution in [0.5, 0.6) is 5.88 Å². The van der Waals surface area contributed by atoms with Gasteiger partial charge in [0.05, 0.1) is 19.8 Å². The molecule has 31 heavy (non-hydrogen) atoms. The van der Waals surface area contributed by atoms with Crippen molar-refractivity contribution in [3.8, 4) is 5.88 Å². The molecule has 2 saturated heterocycles. The normalized spacial score (nSPS) is 25.2. The molecular weight excluding hydrogens is 421 g/mol. The molecule has 0 bridgehead atoms. The van der Waals surface area contributed by atoms with Gasteiger partial charge in [-0.15, -0.1) is 0 Å². The number of aliphatic carboxylic acids is 1. The number of fused-ring (bicyclic) bond motifs is 1. The summed E-state index contributed by atoms with van der Waals surface area (Å²) in [5.74, 6) is 0.208. The second-order valence-electron chi connectivity index (χ2n) is 7.77. The van der Waals surface area contributed by atoms with Crippen LogP contribution in [0.3, 0.4) is 0 Å². The van der Waals surface area contributed by atoms with Crippen LogP contribution in [0.15, 0.2) is 12.4 Å². The third-order valence-electron chi connectivity index (χ3n) is 5.62. The zero-order chi connectivity index (χ0) is 22.6. The maximum absolute atomic E-state index is 11.8. The third kappa shape index (κ3) is 6.18. The van der Waals surface area contributed by atoms with Gasteiger partial charge in [-0.2, -0.15) is 13.2 Å². The summed E-state index contributed by atoms with van der Waals surface area (Å²) in [5.41, 5.74) is 0. The summed E-state index contributed by atoms with van der Waals surface area (Å²) in [6.07, 6.45) is -0.246. The minimum atomic E-state index is -5.08. The minimum absolute atomic E-state index is 0.153. The number of anilines is 1. The van der Waals surface area contributed by atoms with Crippen molar-refractivity contribution < 1.29 is 37.3 Å². The number of alkyl halides is 3. The van der Waals surface area contributed by atoms with Crippen LogP contribution in [0, 0.1) is 17.8 Å². The van der Waals surface area contributed by atoms with E-state index in [0.29, 0.717) is 24.3 Å². The summed E-state index contributed by atoms with van der Waals surface area (Å²) in [5, 5.41) is 10.2. The number of hydrogen-bond acceptors (Lipinski definition) is 7. The fourth-order valence-corrected chi connectivity index (χ4v) is 3.81. The Labute approximate surface area is 176 Å². The summed E-state index contributed by atoms with van der Waals surface area (Å²) >= 11 is 0. The number of carbonyl (C=O) groups excluding carboxylic acids is 1. The van der Waals surface area contributed by atoms with Gasteiger partial charge in [0, 0.05) is 37.5 Å². The van der Waals surface area contributed by atoms with Crippen molar-refractivity contribution in [3.05, 3.63) is 12.4 Å². The zero-order valence-corrected chi connectivity index (χ0v) is 17.0. The van der Waals surface area contributed by atoms with Gasteiger partial charge >= 0.3 is 12.1 Å². The highest BCUT2D eigenvalue weighted by Crippen LogP contribution is 2.36. The first-order chi connectivity index (χ1) is 14.7. The Morgan fingerprint density at radius 2 is 2.03 bits per heavy atom. The van der Waals surface area contributed by atoms with E-state index in [1.807, 2.05) is 6.07 Å². The predicted octanol–water partition coefficient (Wildman–Crippen LogP) is 1.49. The van der Waals surface area contributed by atoms with E-state index in [1.165, 1.54) is 0 Å². The van der Waals surface area contributed by atoms with Crippen LogP contribution >= 0.6 is 0 Å². The lowest BCUT2D eigenvalue weighted by molar-refractivity contribution is -0.192. The van der Waals surface area contributed by atoms with Crippen LogP contribution in [0.2, 0.25) is 0 Å². The molecule has 2 aliphatic heterocycles. The molecule has 2 N–H and O–H groups in total. The van der Waals surface area contributed by atoms with Gasteiger partial charge in [0.1, 0.15) is 12.1 Å². The molecule has 4 rings (SSSR count). The number of carbonyl (C=O) groups is 2. The average molecular weight is 446 g/mol. The van der Waals surface area contributed by atoms with Gasteiger partial charge in [-0.05, 0) is 25.2 Å². The van der Waals surface area contributed by atoms with Crippen LogP contribution in [-0.2, 0) is 14.3 Å². The maximum Gasteiger partial charge on any atom is 0.490 e. The van der Waals surface area contributed by atoms with Gasteiger partial charge < -0.3 is 24.8 Å². The van der Waals surface area contributed by atoms with Crippen molar-refractivity contribution in [1.82, 2.24) is 15.3 Å². The topological polar surface area (TPSA) is 114 Å². The smallest absolute Gasteiger partial charge is 0.481 e. The molecule has 172 valence electrons. The van der Waals surface area contributed by atoms with Crippen molar-refractivity contribution in [3.63, 3.8) is 0 Å². The number of nitrogens with one attached hydrogen (secondary N) is 1. The van der Waals surface area contributed by atoms with Gasteiger partial charge in [0.15, 0.2) is 0 Å². The number of aromatic nitrogens is 2. The molecular formula is C19H25F3N4O5. The van der Waals surface area contributed by atoms with Crippen LogP contribution in [0.4, 0.5) is 19.0 Å². The van der Waals surface area contributed by atoms with E-state index in [-0.39, 0.29) is 17.9 Å². The first-order valence-corrected chi connectivity index (χ1v) is 9.99. The second kappa shape index (κ2) is 9.67. The predicted molar refractivity (Wildman–Crippen MR) is 102 cm³/mol. The summed E-state index contributed by atoms with van der Waals surface area (Å²) in [6, 6.07) is 1.88. The Morgan fingerprint density at radius 1 is 1.32 bits per heavy atom. The first-order valence-electron chi connectivity index (χ1n) is 9.99. The van der Waals surface area contributed by atoms with Crippen molar-refractivity contribution in [1.29, 1.82) is 0 Å². The van der Waals surface area contributed by atoms with E-state index in [2.05, 4.69) is 20.2 Å². The third-order valence-corrected chi connectivity index (χ3v) is 5.62. The van der Waals surface area contributed by atoms with E-state index in [0.717, 1.165) is 44.8 Å². The van der Waals surface area contributed by atoms with Gasteiger partial charge in [-0.25, -0.2) is 14.8 Å². The molecule has 1 aromatic rings. The highest BCUT2D eigenvalue weighted by molar-refractivity contribution is 5.80. The largest absolute Gasteiger partial charge is 0.490 e. The zero-order valence-electron chi connectivity index (χ0n) is 17.0. The quantitative estimate of drug-likeness (QED) is 0.699. The summed E-state index contributed by atoms with van der Waals surface area (Å²) in [7, 11) is 1.61. The molecule has 1 amide bonds. The van der Waals surface area contributed by atoms with Gasteiger partial charge in [0.2, 0.25) is 11.8 Å². The SMILES string of the molecule is COc1cc(N2CC[C@@H]3[C@@H](CO[C@H]3CNC(=O)C3CC3)C2)ncn1.O=C(O)C(F)(F)F. The first kappa shape index (κ1) is 23.0. The molecule has 9 nitrogen and oxygen atoms in total. The highest BCUT2D eigenvalue weighted by atomic mass is 19.4. The van der Waals surface area contributed by atoms with Crippen LogP contribution in [0.25, 0.3) is 0 Å². The van der Waals surface area contributed by atoms with Crippen LogP contribution in [0.1, 0.15) is 19.3 Å². The standard InChI is InChI=1S/C17H24N4O3.C2HF3O2/c1-23-16-6-15(19-10-20-16)21-5-4-13-12(8-21)9-24-14(13)7-18-17(22)11-2-3-11;3-2(4,5)1(6)7/h6,10-14H,2-5,7-9H2,1H3,(H,18,22);(H,6,7)/t12-,13-,14+;/m1./s1. The van der Waals surface area contributed by atoms with Gasteiger partial charge in [0.25, 0.3) is 0 Å². The van der Waals surface area contributed by atoms with Crippen LogP contribution < -0.4 is 15.0 Å². The molecule has 1 aliphatic carbocycles. The lowest BCUT2D eigenvalue weighted by Gasteiger charge is -2.36. The number of ether oxygens (including phenoxy) is 2. The Hall–Kier alpha value is -2.63. The number of piperidine rings is 1. The lowest BCUT2D eigenvalue weighted by Crippen LogP contribution is -2.44. The van der Waals surface area contributed by atoms with Crippen molar-refractivity contribution >= 4 is 17.7 Å². The number of carboxylic acids is 1. The average Bonchev–Trinajstić information content (AvgIpc) is 3.52. The Morgan fingerprint density at radius 3 is 2.65 bits per heavy atom. The second-order valence-corrected chi connectivity index (χ2v) is 7.77. The van der Waals surface area contributed by atoms with E-state index < -0.39 is 12.1 Å². The van der Waals surface area contributed by atoms with Crippen LogP contribution in [-0.4, -0.2) is 72.6 Å². The number of carboxylic acid groups (broad SMARTS) is 1. The number of rotatable bonds is 5. The molecule has 12 heteroatoms. The van der Waals surface area contributed by atoms with E-state index >= 15 is 0 Å². The summed E-state index contributed by atoms with van der Waals surface area (Å²) in [6.45, 7) is 3.28. The molecule has 3 atom stereocenters. The highest BCUT2D eigenvalue weighted by Gasteiger charge is 2.41. The molecule has 1 aromatic heterocycles. The Kier molecular flexibility index (Phi) is 7.19. The molecule has 3 heterocycles. The molecule has 3 aliphatic rings. The summed E-state index contributed by atoms with van der Waals surface area (Å²) < 4.78 is 42.9. The van der Waals surface area contributed by atoms with Crippen molar-refractivity contribution in [2.24, 2.45) is 17.8 Å². The number of hydrogen-bond donors (Lipinski definition) is 2.